The van der Waals surface area contributed by atoms with Gasteiger partial charge in [-0.05, 0) is 25.0 Å². The number of hydrogen-bond donors (Lipinski definition) is 1. The van der Waals surface area contributed by atoms with E-state index in [0.29, 0.717) is 6.42 Å². The number of sulfonamides is 1. The molecule has 1 heterocycles. The Kier molecular flexibility index (Phi) is 4.04. The zero-order chi connectivity index (χ0) is 14.9. The summed E-state index contributed by atoms with van der Waals surface area (Å²) in [5.41, 5.74) is -0.152. The van der Waals surface area contributed by atoms with E-state index < -0.39 is 25.4 Å². The standard InChI is InChI=1S/C13H17NO4S2/c1-13(8-10-19(15,16)11-13)14-20(17,18)9-7-12-5-3-2-4-6-12/h2-7,9,14H,8,10-11H2,1H3/b9-7+. The van der Waals surface area contributed by atoms with Crippen molar-refractivity contribution in [2.24, 2.45) is 0 Å². The van der Waals surface area contributed by atoms with Gasteiger partial charge >= 0.3 is 0 Å². The molecular weight excluding hydrogens is 298 g/mol. The van der Waals surface area contributed by atoms with Crippen LogP contribution in [0.2, 0.25) is 0 Å². The lowest BCUT2D eigenvalue weighted by molar-refractivity contribution is 0.465. The maximum Gasteiger partial charge on any atom is 0.234 e. The van der Waals surface area contributed by atoms with Crippen LogP contribution in [0.4, 0.5) is 0 Å². The molecule has 0 aromatic heterocycles. The van der Waals surface area contributed by atoms with E-state index in [4.69, 9.17) is 0 Å². The van der Waals surface area contributed by atoms with Crippen LogP contribution in [0, 0.1) is 0 Å². The minimum atomic E-state index is -3.67. The van der Waals surface area contributed by atoms with Crippen LogP contribution in [-0.2, 0) is 19.9 Å². The van der Waals surface area contributed by atoms with E-state index in [0.717, 1.165) is 11.0 Å². The molecule has 1 aliphatic heterocycles. The van der Waals surface area contributed by atoms with E-state index in [9.17, 15) is 16.8 Å². The van der Waals surface area contributed by atoms with Gasteiger partial charge in [0, 0.05) is 10.9 Å². The maximum atomic E-state index is 12.0. The summed E-state index contributed by atoms with van der Waals surface area (Å²) in [6.07, 6.45) is 1.78. The molecule has 110 valence electrons. The van der Waals surface area contributed by atoms with Gasteiger partial charge in [-0.1, -0.05) is 30.3 Å². The average molecular weight is 315 g/mol. The first kappa shape index (κ1) is 15.2. The van der Waals surface area contributed by atoms with E-state index >= 15 is 0 Å². The lowest BCUT2D eigenvalue weighted by Crippen LogP contribution is -2.45. The monoisotopic (exact) mass is 315 g/mol. The molecule has 0 radical (unpaired) electrons. The fraction of sp³-hybridized carbons (Fsp3) is 0.385. The lowest BCUT2D eigenvalue weighted by atomic mass is 10.0. The van der Waals surface area contributed by atoms with Crippen LogP contribution in [0.1, 0.15) is 18.9 Å². The largest absolute Gasteiger partial charge is 0.234 e. The highest BCUT2D eigenvalue weighted by atomic mass is 32.2. The van der Waals surface area contributed by atoms with Crippen molar-refractivity contribution in [1.82, 2.24) is 4.72 Å². The molecule has 1 saturated heterocycles. The Hall–Kier alpha value is -1.18. The van der Waals surface area contributed by atoms with Crippen molar-refractivity contribution in [3.63, 3.8) is 0 Å². The highest BCUT2D eigenvalue weighted by Gasteiger charge is 2.40. The number of sulfone groups is 1. The number of rotatable bonds is 4. The van der Waals surface area contributed by atoms with Crippen molar-refractivity contribution in [3.8, 4) is 0 Å². The quantitative estimate of drug-likeness (QED) is 0.904. The minimum absolute atomic E-state index is 0.0222. The Morgan fingerprint density at radius 2 is 1.90 bits per heavy atom. The van der Waals surface area contributed by atoms with Gasteiger partial charge in [0.1, 0.15) is 0 Å². The van der Waals surface area contributed by atoms with Crippen molar-refractivity contribution >= 4 is 25.9 Å². The zero-order valence-electron chi connectivity index (χ0n) is 11.1. The molecule has 0 spiro atoms. The smallest absolute Gasteiger partial charge is 0.229 e. The Balaban J connectivity index is 2.11. The van der Waals surface area contributed by atoms with Gasteiger partial charge in [-0.2, -0.15) is 0 Å². The van der Waals surface area contributed by atoms with Crippen molar-refractivity contribution in [1.29, 1.82) is 0 Å². The Morgan fingerprint density at radius 3 is 2.45 bits per heavy atom. The fourth-order valence-electron chi connectivity index (χ4n) is 2.20. The highest BCUT2D eigenvalue weighted by Crippen LogP contribution is 2.24. The second-order valence-electron chi connectivity index (χ2n) is 5.26. The molecule has 5 nitrogen and oxygen atoms in total. The summed E-state index contributed by atoms with van der Waals surface area (Å²) < 4.78 is 49.3. The molecule has 1 N–H and O–H groups in total. The number of benzene rings is 1. The topological polar surface area (TPSA) is 80.3 Å². The third-order valence-electron chi connectivity index (χ3n) is 3.13. The molecule has 1 aliphatic rings. The van der Waals surface area contributed by atoms with Crippen molar-refractivity contribution in [3.05, 3.63) is 41.3 Å². The molecule has 1 atom stereocenters. The van der Waals surface area contributed by atoms with Gasteiger partial charge in [-0.25, -0.2) is 21.6 Å². The SMILES string of the molecule is CC1(NS(=O)(=O)/C=C/c2ccccc2)CCS(=O)(=O)C1. The first-order valence-corrected chi connectivity index (χ1v) is 9.54. The van der Waals surface area contributed by atoms with Crippen LogP contribution in [0.15, 0.2) is 35.7 Å². The molecular formula is C13H17NO4S2. The molecule has 20 heavy (non-hydrogen) atoms. The molecule has 0 saturated carbocycles. The summed E-state index contributed by atoms with van der Waals surface area (Å²) in [5.74, 6) is -0.132. The summed E-state index contributed by atoms with van der Waals surface area (Å²) in [4.78, 5) is 0. The number of hydrogen-bond acceptors (Lipinski definition) is 4. The van der Waals surface area contributed by atoms with Crippen molar-refractivity contribution in [2.45, 2.75) is 18.9 Å². The second-order valence-corrected chi connectivity index (χ2v) is 9.01. The second kappa shape index (κ2) is 5.31. The normalized spacial score (nSPS) is 26.1. The molecule has 0 amide bonds. The van der Waals surface area contributed by atoms with Gasteiger partial charge in [-0.3, -0.25) is 0 Å². The molecule has 7 heteroatoms. The fourth-order valence-corrected chi connectivity index (χ4v) is 5.65. The summed E-state index contributed by atoms with van der Waals surface area (Å²) >= 11 is 0. The molecule has 1 aromatic rings. The van der Waals surface area contributed by atoms with Crippen molar-refractivity contribution in [2.75, 3.05) is 11.5 Å². The first-order chi connectivity index (χ1) is 9.20. The summed E-state index contributed by atoms with van der Waals surface area (Å²) in [6, 6.07) is 9.03. The maximum absolute atomic E-state index is 12.0. The van der Waals surface area contributed by atoms with Crippen LogP contribution in [0.25, 0.3) is 6.08 Å². The lowest BCUT2D eigenvalue weighted by Gasteiger charge is -2.22. The average Bonchev–Trinajstić information content (AvgIpc) is 2.61. The highest BCUT2D eigenvalue weighted by molar-refractivity contribution is 7.93. The van der Waals surface area contributed by atoms with Crippen LogP contribution >= 0.6 is 0 Å². The van der Waals surface area contributed by atoms with Gasteiger partial charge < -0.3 is 0 Å². The molecule has 1 aromatic carbocycles. The first-order valence-electron chi connectivity index (χ1n) is 6.17. The predicted octanol–water partition coefficient (Wildman–Crippen LogP) is 1.15. The zero-order valence-corrected chi connectivity index (χ0v) is 12.7. The van der Waals surface area contributed by atoms with E-state index in [-0.39, 0.29) is 11.5 Å². The third-order valence-corrected chi connectivity index (χ3v) is 6.31. The number of nitrogens with one attached hydrogen (secondary N) is 1. The van der Waals surface area contributed by atoms with Gasteiger partial charge in [0.2, 0.25) is 10.0 Å². The van der Waals surface area contributed by atoms with E-state index in [2.05, 4.69) is 4.72 Å². The van der Waals surface area contributed by atoms with E-state index in [1.165, 1.54) is 6.08 Å². The van der Waals surface area contributed by atoms with Gasteiger partial charge in [0.25, 0.3) is 0 Å². The Labute approximate surface area is 119 Å². The molecule has 0 aliphatic carbocycles. The summed E-state index contributed by atoms with van der Waals surface area (Å²) in [6.45, 7) is 1.62. The van der Waals surface area contributed by atoms with E-state index in [1.54, 1.807) is 19.1 Å². The Morgan fingerprint density at radius 1 is 1.25 bits per heavy atom. The van der Waals surface area contributed by atoms with Crippen LogP contribution < -0.4 is 4.72 Å². The Bertz CT molecular complexity index is 708. The summed E-state index contributed by atoms with van der Waals surface area (Å²) in [5, 5.41) is 1.07. The van der Waals surface area contributed by atoms with Crippen LogP contribution in [0.3, 0.4) is 0 Å². The molecule has 1 fully saturated rings. The molecule has 1 unspecified atom stereocenters. The minimum Gasteiger partial charge on any atom is -0.229 e. The molecule has 0 bridgehead atoms. The summed E-state index contributed by atoms with van der Waals surface area (Å²) in [7, 11) is -6.81. The van der Waals surface area contributed by atoms with Gasteiger partial charge in [-0.15, -0.1) is 0 Å². The molecule has 2 rings (SSSR count). The van der Waals surface area contributed by atoms with Crippen molar-refractivity contribution < 1.29 is 16.8 Å². The van der Waals surface area contributed by atoms with Crippen LogP contribution in [0.5, 0.6) is 0 Å². The van der Waals surface area contributed by atoms with E-state index in [1.807, 2.05) is 18.2 Å². The predicted molar refractivity (Wildman–Crippen MR) is 79.2 cm³/mol. The third kappa shape index (κ3) is 4.16. The van der Waals surface area contributed by atoms with Crippen LogP contribution in [-0.4, -0.2) is 33.9 Å². The van der Waals surface area contributed by atoms with Gasteiger partial charge in [0.15, 0.2) is 9.84 Å². The van der Waals surface area contributed by atoms with Gasteiger partial charge in [0.05, 0.1) is 11.5 Å².